The van der Waals surface area contributed by atoms with Gasteiger partial charge < -0.3 is 9.46 Å². The number of aryl methyl sites for hydroxylation is 1. The van der Waals surface area contributed by atoms with Crippen molar-refractivity contribution in [3.8, 4) is 22.8 Å². The zero-order chi connectivity index (χ0) is 21.0. The van der Waals surface area contributed by atoms with Gasteiger partial charge in [0.25, 0.3) is 0 Å². The summed E-state index contributed by atoms with van der Waals surface area (Å²) in [6.07, 6.45) is 5.54. The predicted molar refractivity (Wildman–Crippen MR) is 126 cm³/mol. The molecule has 1 N–H and O–H groups in total. The number of aromatic nitrogens is 3. The fourth-order valence-corrected chi connectivity index (χ4v) is 3.92. The lowest BCUT2D eigenvalue weighted by atomic mass is 10.1. The summed E-state index contributed by atoms with van der Waals surface area (Å²) >= 11 is 1.52. The average Bonchev–Trinajstić information content (AvgIpc) is 3.24. The first-order valence-corrected chi connectivity index (χ1v) is 10.7. The highest BCUT2D eigenvalue weighted by atomic mass is 32.2. The quantitative estimate of drug-likeness (QED) is 0.311. The molecule has 0 unspecified atom stereocenters. The highest BCUT2D eigenvalue weighted by molar-refractivity contribution is 8.00. The zero-order valence-corrected chi connectivity index (χ0v) is 17.7. The molecule has 0 amide bonds. The molecule has 0 radical (unpaired) electrons. The van der Waals surface area contributed by atoms with Crippen molar-refractivity contribution in [1.82, 2.24) is 14.4 Å². The van der Waals surface area contributed by atoms with E-state index in [2.05, 4.69) is 45.9 Å². The first kappa shape index (κ1) is 19.2. The Kier molecular flexibility index (Phi) is 5.29. The van der Waals surface area contributed by atoms with Gasteiger partial charge in [-0.1, -0.05) is 48.0 Å². The van der Waals surface area contributed by atoms with E-state index in [4.69, 9.17) is 4.74 Å². The maximum atomic E-state index is 6.15. The van der Waals surface area contributed by atoms with Gasteiger partial charge in [0.1, 0.15) is 11.5 Å². The fraction of sp³-hybridized carbons (Fsp3) is 0.0400. The van der Waals surface area contributed by atoms with E-state index in [1.807, 2.05) is 71.4 Å². The molecule has 2 aromatic heterocycles. The van der Waals surface area contributed by atoms with Gasteiger partial charge in [-0.2, -0.15) is 0 Å². The summed E-state index contributed by atoms with van der Waals surface area (Å²) in [5.41, 5.74) is 3.89. The second kappa shape index (κ2) is 8.53. The van der Waals surface area contributed by atoms with Crippen molar-refractivity contribution in [3.05, 3.63) is 103 Å². The molecule has 0 atom stereocenters. The Hall–Kier alpha value is -3.77. The number of para-hydroxylation sites is 2. The van der Waals surface area contributed by atoms with Crippen LogP contribution in [0.15, 0.2) is 102 Å². The lowest BCUT2D eigenvalue weighted by Gasteiger charge is -2.11. The number of hydrogen-bond donors (Lipinski definition) is 1. The van der Waals surface area contributed by atoms with E-state index in [9.17, 15) is 0 Å². The minimum Gasteiger partial charge on any atom is -0.457 e. The molecule has 5 rings (SSSR count). The van der Waals surface area contributed by atoms with Crippen LogP contribution in [0, 0.1) is 6.92 Å². The smallest absolute Gasteiger partial charge is 0.181 e. The summed E-state index contributed by atoms with van der Waals surface area (Å²) in [6, 6.07) is 26.1. The number of rotatable bonds is 6. The van der Waals surface area contributed by atoms with Gasteiger partial charge in [-0.05, 0) is 55.3 Å². The standard InChI is InChI=1S/C25H20N4OS/c1-18-11-13-20(14-12-18)31-28-24-25-27-17-22(29(25)16-15-26-24)21-9-5-6-10-23(21)30-19-7-3-2-4-8-19/h2-17H,1H3,(H,26,28). The summed E-state index contributed by atoms with van der Waals surface area (Å²) in [5.74, 6) is 2.28. The topological polar surface area (TPSA) is 51.5 Å². The highest BCUT2D eigenvalue weighted by Gasteiger charge is 2.14. The largest absolute Gasteiger partial charge is 0.457 e. The molecule has 0 aliphatic rings. The molecule has 2 heterocycles. The zero-order valence-electron chi connectivity index (χ0n) is 16.9. The molecule has 5 aromatic rings. The van der Waals surface area contributed by atoms with E-state index >= 15 is 0 Å². The molecule has 31 heavy (non-hydrogen) atoms. The number of fused-ring (bicyclic) bond motifs is 1. The van der Waals surface area contributed by atoms with Gasteiger partial charge in [0, 0.05) is 22.9 Å². The number of nitrogens with one attached hydrogen (secondary N) is 1. The van der Waals surface area contributed by atoms with Crippen LogP contribution in [0.4, 0.5) is 5.82 Å². The van der Waals surface area contributed by atoms with Crippen LogP contribution in [0.2, 0.25) is 0 Å². The number of anilines is 1. The van der Waals surface area contributed by atoms with E-state index in [0.717, 1.165) is 33.3 Å². The third-order valence-electron chi connectivity index (χ3n) is 4.85. The molecule has 0 fully saturated rings. The molecule has 0 aliphatic heterocycles. The normalized spacial score (nSPS) is 10.9. The number of benzene rings is 3. The van der Waals surface area contributed by atoms with Gasteiger partial charge in [0.05, 0.1) is 11.9 Å². The Labute approximate surface area is 184 Å². The molecule has 0 spiro atoms. The lowest BCUT2D eigenvalue weighted by molar-refractivity contribution is 0.484. The number of nitrogens with zero attached hydrogens (tertiary/aromatic N) is 3. The van der Waals surface area contributed by atoms with Crippen LogP contribution in [0.3, 0.4) is 0 Å². The molecule has 0 aliphatic carbocycles. The Bertz CT molecular complexity index is 1320. The maximum absolute atomic E-state index is 6.15. The summed E-state index contributed by atoms with van der Waals surface area (Å²) in [6.45, 7) is 2.08. The van der Waals surface area contributed by atoms with Gasteiger partial charge in [-0.3, -0.25) is 4.40 Å². The van der Waals surface area contributed by atoms with Gasteiger partial charge in [-0.15, -0.1) is 0 Å². The number of imidazole rings is 1. The Morgan fingerprint density at radius 2 is 1.65 bits per heavy atom. The van der Waals surface area contributed by atoms with E-state index in [0.29, 0.717) is 5.82 Å². The SMILES string of the molecule is Cc1ccc(SNc2nccn3c(-c4ccccc4Oc4ccccc4)cnc23)cc1. The Balaban J connectivity index is 1.47. The molecule has 6 heteroatoms. The Morgan fingerprint density at radius 1 is 0.871 bits per heavy atom. The van der Waals surface area contributed by atoms with Crippen LogP contribution in [0.5, 0.6) is 11.5 Å². The van der Waals surface area contributed by atoms with Crippen LogP contribution >= 0.6 is 11.9 Å². The van der Waals surface area contributed by atoms with Crippen LogP contribution < -0.4 is 9.46 Å². The van der Waals surface area contributed by atoms with Crippen molar-refractivity contribution in [3.63, 3.8) is 0 Å². The minimum atomic E-state index is 0.709. The van der Waals surface area contributed by atoms with Gasteiger partial charge in [0.2, 0.25) is 0 Å². The second-order valence-electron chi connectivity index (χ2n) is 7.04. The summed E-state index contributed by atoms with van der Waals surface area (Å²) in [5, 5.41) is 0. The first-order valence-electron chi connectivity index (χ1n) is 9.92. The van der Waals surface area contributed by atoms with E-state index in [1.165, 1.54) is 17.5 Å². The molecule has 3 aromatic carbocycles. The van der Waals surface area contributed by atoms with Gasteiger partial charge in [-0.25, -0.2) is 9.97 Å². The van der Waals surface area contributed by atoms with E-state index < -0.39 is 0 Å². The Morgan fingerprint density at radius 3 is 2.48 bits per heavy atom. The van der Waals surface area contributed by atoms with Crippen molar-refractivity contribution in [2.45, 2.75) is 11.8 Å². The summed E-state index contributed by atoms with van der Waals surface area (Å²) < 4.78 is 11.5. The van der Waals surface area contributed by atoms with E-state index in [1.54, 1.807) is 6.20 Å². The number of ether oxygens (including phenoxy) is 1. The number of hydrogen-bond acceptors (Lipinski definition) is 5. The second-order valence-corrected chi connectivity index (χ2v) is 7.92. The molecule has 0 bridgehead atoms. The van der Waals surface area contributed by atoms with Crippen LogP contribution in [-0.2, 0) is 0 Å². The molecular weight excluding hydrogens is 404 g/mol. The summed E-state index contributed by atoms with van der Waals surface area (Å²) in [4.78, 5) is 10.2. The highest BCUT2D eigenvalue weighted by Crippen LogP contribution is 2.34. The van der Waals surface area contributed by atoms with E-state index in [-0.39, 0.29) is 0 Å². The minimum absolute atomic E-state index is 0.709. The molecule has 0 saturated carbocycles. The monoisotopic (exact) mass is 424 g/mol. The van der Waals surface area contributed by atoms with Crippen LogP contribution in [-0.4, -0.2) is 14.4 Å². The first-order chi connectivity index (χ1) is 15.3. The molecule has 152 valence electrons. The van der Waals surface area contributed by atoms with Crippen molar-refractivity contribution < 1.29 is 4.74 Å². The molecular formula is C25H20N4OS. The van der Waals surface area contributed by atoms with Crippen LogP contribution in [0.1, 0.15) is 5.56 Å². The molecule has 0 saturated heterocycles. The van der Waals surface area contributed by atoms with Crippen molar-refractivity contribution in [1.29, 1.82) is 0 Å². The fourth-order valence-electron chi connectivity index (χ4n) is 3.29. The van der Waals surface area contributed by atoms with Gasteiger partial charge >= 0.3 is 0 Å². The molecule has 5 nitrogen and oxygen atoms in total. The average molecular weight is 425 g/mol. The third kappa shape index (κ3) is 4.11. The summed E-state index contributed by atoms with van der Waals surface area (Å²) in [7, 11) is 0. The van der Waals surface area contributed by atoms with Crippen molar-refractivity contribution in [2.75, 3.05) is 4.72 Å². The maximum Gasteiger partial charge on any atom is 0.181 e. The van der Waals surface area contributed by atoms with Crippen molar-refractivity contribution >= 4 is 23.4 Å². The van der Waals surface area contributed by atoms with Crippen molar-refractivity contribution in [2.24, 2.45) is 0 Å². The third-order valence-corrected chi connectivity index (χ3v) is 5.65. The van der Waals surface area contributed by atoms with Crippen LogP contribution in [0.25, 0.3) is 16.9 Å². The lowest BCUT2D eigenvalue weighted by Crippen LogP contribution is -1.97. The van der Waals surface area contributed by atoms with Gasteiger partial charge in [0.15, 0.2) is 11.5 Å². The predicted octanol–water partition coefficient (Wildman–Crippen LogP) is 6.62.